The Bertz CT molecular complexity index is 1140. The fourth-order valence-corrected chi connectivity index (χ4v) is 3.99. The number of pyridine rings is 1. The zero-order chi connectivity index (χ0) is 19.0. The quantitative estimate of drug-likeness (QED) is 0.535. The first-order valence-electron chi connectivity index (χ1n) is 8.05. The van der Waals surface area contributed by atoms with Gasteiger partial charge in [0.25, 0.3) is 11.5 Å². The van der Waals surface area contributed by atoms with Gasteiger partial charge in [-0.3, -0.25) is 18.9 Å². The minimum Gasteiger partial charge on any atom is -0.467 e. The fraction of sp³-hybridized carbons (Fsp3) is 0.111. The van der Waals surface area contributed by atoms with Crippen molar-refractivity contribution in [2.24, 2.45) is 0 Å². The summed E-state index contributed by atoms with van der Waals surface area (Å²) in [5, 5.41) is 2.93. The highest BCUT2D eigenvalue weighted by Gasteiger charge is 2.33. The van der Waals surface area contributed by atoms with Crippen LogP contribution in [0.4, 0.5) is 5.82 Å². The van der Waals surface area contributed by atoms with Crippen molar-refractivity contribution in [1.82, 2.24) is 14.3 Å². The number of thioether (sulfide) groups is 1. The van der Waals surface area contributed by atoms with Crippen LogP contribution in [0.5, 0.6) is 0 Å². The number of amides is 1. The standard InChI is InChI=1S/C18H14N4O3S2/c1-19-15-12(16(23)21-7-3-2-6-14(21)20-15)9-13-17(24)22(18(26)27-13)10-11-5-4-8-25-11/h2-9,19H,10H2,1H3/b13-9+. The van der Waals surface area contributed by atoms with Crippen LogP contribution in [-0.2, 0) is 11.3 Å². The van der Waals surface area contributed by atoms with Crippen LogP contribution in [0.2, 0.25) is 0 Å². The predicted octanol–water partition coefficient (Wildman–Crippen LogP) is 2.73. The van der Waals surface area contributed by atoms with E-state index in [2.05, 4.69) is 10.3 Å². The smallest absolute Gasteiger partial charge is 0.267 e. The molecule has 7 nitrogen and oxygen atoms in total. The van der Waals surface area contributed by atoms with Crippen molar-refractivity contribution in [3.05, 3.63) is 69.4 Å². The molecule has 1 fully saturated rings. The van der Waals surface area contributed by atoms with Gasteiger partial charge in [0.2, 0.25) is 0 Å². The van der Waals surface area contributed by atoms with Gasteiger partial charge < -0.3 is 9.73 Å². The van der Waals surface area contributed by atoms with Gasteiger partial charge in [-0.2, -0.15) is 0 Å². The van der Waals surface area contributed by atoms with Crippen molar-refractivity contribution in [3.8, 4) is 0 Å². The maximum atomic E-state index is 12.9. The molecule has 3 aromatic heterocycles. The van der Waals surface area contributed by atoms with Crippen LogP contribution >= 0.6 is 24.0 Å². The molecule has 1 amide bonds. The third-order valence-corrected chi connectivity index (χ3v) is 5.43. The average Bonchev–Trinajstić information content (AvgIpc) is 3.28. The highest BCUT2D eigenvalue weighted by Crippen LogP contribution is 2.34. The van der Waals surface area contributed by atoms with Crippen LogP contribution in [-0.4, -0.2) is 31.6 Å². The molecule has 0 aromatic carbocycles. The summed E-state index contributed by atoms with van der Waals surface area (Å²) >= 11 is 6.48. The van der Waals surface area contributed by atoms with Gasteiger partial charge in [0.15, 0.2) is 0 Å². The molecule has 0 unspecified atom stereocenters. The van der Waals surface area contributed by atoms with Crippen molar-refractivity contribution in [2.75, 3.05) is 12.4 Å². The number of nitrogens with zero attached hydrogens (tertiary/aromatic N) is 3. The number of thiocarbonyl (C=S) groups is 1. The van der Waals surface area contributed by atoms with E-state index in [9.17, 15) is 9.59 Å². The summed E-state index contributed by atoms with van der Waals surface area (Å²) in [6.07, 6.45) is 4.73. The van der Waals surface area contributed by atoms with Crippen LogP contribution in [0.15, 0.2) is 56.9 Å². The Labute approximate surface area is 163 Å². The van der Waals surface area contributed by atoms with Gasteiger partial charge in [-0.1, -0.05) is 30.0 Å². The van der Waals surface area contributed by atoms with Crippen molar-refractivity contribution in [3.63, 3.8) is 0 Å². The second-order valence-electron chi connectivity index (χ2n) is 5.71. The maximum absolute atomic E-state index is 12.9. The van der Waals surface area contributed by atoms with Crippen LogP contribution < -0.4 is 10.9 Å². The van der Waals surface area contributed by atoms with Gasteiger partial charge in [-0.05, 0) is 30.3 Å². The molecule has 0 saturated carbocycles. The lowest BCUT2D eigenvalue weighted by molar-refractivity contribution is -0.122. The van der Waals surface area contributed by atoms with E-state index in [-0.39, 0.29) is 18.0 Å². The van der Waals surface area contributed by atoms with Gasteiger partial charge in [0.05, 0.1) is 23.3 Å². The molecule has 1 saturated heterocycles. The lowest BCUT2D eigenvalue weighted by Crippen LogP contribution is -2.27. The van der Waals surface area contributed by atoms with E-state index in [1.807, 2.05) is 0 Å². The van der Waals surface area contributed by atoms with Crippen molar-refractivity contribution in [2.45, 2.75) is 6.54 Å². The molecule has 0 bridgehead atoms. The normalized spacial score (nSPS) is 15.9. The Morgan fingerprint density at radius 2 is 2.15 bits per heavy atom. The number of furan rings is 1. The molecule has 0 spiro atoms. The van der Waals surface area contributed by atoms with E-state index >= 15 is 0 Å². The third kappa shape index (κ3) is 3.15. The molecule has 1 N–H and O–H groups in total. The second kappa shape index (κ2) is 7.01. The lowest BCUT2D eigenvalue weighted by Gasteiger charge is -2.12. The molecule has 0 aliphatic carbocycles. The predicted molar refractivity (Wildman–Crippen MR) is 108 cm³/mol. The minimum absolute atomic E-state index is 0.253. The van der Waals surface area contributed by atoms with Crippen LogP contribution in [0.3, 0.4) is 0 Å². The Balaban J connectivity index is 1.75. The van der Waals surface area contributed by atoms with E-state index in [4.69, 9.17) is 16.6 Å². The Kier molecular flexibility index (Phi) is 4.54. The molecule has 136 valence electrons. The van der Waals surface area contributed by atoms with Crippen molar-refractivity contribution in [1.29, 1.82) is 0 Å². The van der Waals surface area contributed by atoms with E-state index in [1.165, 1.54) is 9.30 Å². The third-order valence-electron chi connectivity index (χ3n) is 4.05. The first-order chi connectivity index (χ1) is 13.1. The molecule has 1 aliphatic heterocycles. The Morgan fingerprint density at radius 3 is 2.89 bits per heavy atom. The van der Waals surface area contributed by atoms with E-state index in [0.717, 1.165) is 11.8 Å². The maximum Gasteiger partial charge on any atom is 0.267 e. The second-order valence-corrected chi connectivity index (χ2v) is 7.38. The molecule has 9 heteroatoms. The average molecular weight is 398 g/mol. The summed E-state index contributed by atoms with van der Waals surface area (Å²) in [5.41, 5.74) is 0.565. The molecule has 4 rings (SSSR count). The van der Waals surface area contributed by atoms with Crippen molar-refractivity contribution < 1.29 is 9.21 Å². The number of fused-ring (bicyclic) bond motifs is 1. The summed E-state index contributed by atoms with van der Waals surface area (Å²) in [6.45, 7) is 0.253. The Hall–Kier alpha value is -2.91. The van der Waals surface area contributed by atoms with Crippen LogP contribution in [0, 0.1) is 0 Å². The summed E-state index contributed by atoms with van der Waals surface area (Å²) < 4.78 is 7.15. The summed E-state index contributed by atoms with van der Waals surface area (Å²) in [6, 6.07) is 8.84. The molecular formula is C18H14N4O3S2. The molecule has 3 aromatic rings. The SMILES string of the molecule is CNc1nc2ccccn2c(=O)c1/C=C1/SC(=S)N(Cc2ccco2)C1=O. The number of hydrogen-bond donors (Lipinski definition) is 1. The molecular weight excluding hydrogens is 384 g/mol. The number of anilines is 1. The lowest BCUT2D eigenvalue weighted by atomic mass is 10.2. The molecule has 0 atom stereocenters. The van der Waals surface area contributed by atoms with E-state index in [1.54, 1.807) is 55.9 Å². The minimum atomic E-state index is -0.263. The van der Waals surface area contributed by atoms with Gasteiger partial charge in [0, 0.05) is 13.2 Å². The Morgan fingerprint density at radius 1 is 1.30 bits per heavy atom. The number of nitrogens with one attached hydrogen (secondary N) is 1. The molecule has 4 heterocycles. The number of carbonyl (C=O) groups is 1. The molecule has 27 heavy (non-hydrogen) atoms. The summed E-state index contributed by atoms with van der Waals surface area (Å²) in [4.78, 5) is 31.9. The van der Waals surface area contributed by atoms with Crippen molar-refractivity contribution >= 4 is 51.7 Å². The fourth-order valence-electron chi connectivity index (χ4n) is 2.75. The number of rotatable bonds is 4. The number of hydrogen-bond acceptors (Lipinski definition) is 7. The van der Waals surface area contributed by atoms with Gasteiger partial charge in [-0.25, -0.2) is 4.98 Å². The largest absolute Gasteiger partial charge is 0.467 e. The molecule has 0 radical (unpaired) electrons. The summed E-state index contributed by atoms with van der Waals surface area (Å²) in [5.74, 6) is 0.777. The zero-order valence-corrected chi connectivity index (χ0v) is 15.8. The van der Waals surface area contributed by atoms with Crippen LogP contribution in [0.1, 0.15) is 11.3 Å². The highest BCUT2D eigenvalue weighted by molar-refractivity contribution is 8.26. The van der Waals surface area contributed by atoms with Gasteiger partial charge in [-0.15, -0.1) is 0 Å². The van der Waals surface area contributed by atoms with E-state index in [0.29, 0.717) is 32.0 Å². The van der Waals surface area contributed by atoms with Gasteiger partial charge in [0.1, 0.15) is 21.5 Å². The van der Waals surface area contributed by atoms with Crippen LogP contribution in [0.25, 0.3) is 11.7 Å². The topological polar surface area (TPSA) is 79.9 Å². The number of aromatic nitrogens is 2. The van der Waals surface area contributed by atoms with Gasteiger partial charge >= 0.3 is 0 Å². The van der Waals surface area contributed by atoms with E-state index < -0.39 is 0 Å². The highest BCUT2D eigenvalue weighted by atomic mass is 32.2. The molecule has 1 aliphatic rings. The first kappa shape index (κ1) is 17.5. The summed E-state index contributed by atoms with van der Waals surface area (Å²) in [7, 11) is 1.68. The number of carbonyl (C=O) groups excluding carboxylic acids is 1. The first-order valence-corrected chi connectivity index (χ1v) is 9.28. The zero-order valence-electron chi connectivity index (χ0n) is 14.2. The monoisotopic (exact) mass is 398 g/mol.